The monoisotopic (exact) mass is 279 g/mol. The first kappa shape index (κ1) is 14.6. The van der Waals surface area contributed by atoms with E-state index in [-0.39, 0.29) is 5.69 Å². The van der Waals surface area contributed by atoms with Gasteiger partial charge in [0.25, 0.3) is 0 Å². The molecule has 0 unspecified atom stereocenters. The first-order valence-electron chi connectivity index (χ1n) is 6.51. The van der Waals surface area contributed by atoms with Crippen molar-refractivity contribution >= 4 is 0 Å². The molecule has 0 fully saturated rings. The minimum absolute atomic E-state index is 0.0293. The Labute approximate surface area is 116 Å². The minimum atomic E-state index is -4.34. The second-order valence-electron chi connectivity index (χ2n) is 4.78. The highest BCUT2D eigenvalue weighted by molar-refractivity contribution is 5.30. The summed E-state index contributed by atoms with van der Waals surface area (Å²) in [5, 5.41) is 0. The van der Waals surface area contributed by atoms with Crippen molar-refractivity contribution in [1.82, 2.24) is 4.98 Å². The Morgan fingerprint density at radius 1 is 1.05 bits per heavy atom. The molecule has 1 aromatic heterocycles. The van der Waals surface area contributed by atoms with Gasteiger partial charge < -0.3 is 0 Å². The van der Waals surface area contributed by atoms with Crippen LogP contribution in [0, 0.1) is 6.92 Å². The molecule has 0 aliphatic rings. The number of rotatable bonds is 3. The largest absolute Gasteiger partial charge is 0.418 e. The molecule has 1 aromatic carbocycles. The van der Waals surface area contributed by atoms with Crippen molar-refractivity contribution in [1.29, 1.82) is 0 Å². The van der Waals surface area contributed by atoms with Gasteiger partial charge in [-0.1, -0.05) is 31.2 Å². The molecule has 1 heterocycles. The standard InChI is InChI=1S/C16H16F3N/c1-3-12-5-4-6-13(9-12)10-14-7-8-15(11(2)20-14)16(17,18)19/h4-9H,3,10H2,1-2H3. The predicted molar refractivity (Wildman–Crippen MR) is 72.6 cm³/mol. The smallest absolute Gasteiger partial charge is 0.257 e. The molecule has 2 aromatic rings. The van der Waals surface area contributed by atoms with Crippen LogP contribution in [0.4, 0.5) is 13.2 Å². The molecule has 4 heteroatoms. The summed E-state index contributed by atoms with van der Waals surface area (Å²) in [7, 11) is 0. The zero-order valence-electron chi connectivity index (χ0n) is 11.5. The van der Waals surface area contributed by atoms with Gasteiger partial charge in [0.05, 0.1) is 5.56 Å². The van der Waals surface area contributed by atoms with E-state index < -0.39 is 11.7 Å². The number of hydrogen-bond acceptors (Lipinski definition) is 1. The third-order valence-corrected chi connectivity index (χ3v) is 3.23. The van der Waals surface area contributed by atoms with Crippen molar-refractivity contribution < 1.29 is 13.2 Å². The van der Waals surface area contributed by atoms with Gasteiger partial charge in [0.1, 0.15) is 0 Å². The average molecular weight is 279 g/mol. The Hall–Kier alpha value is -1.84. The third kappa shape index (κ3) is 3.38. The van der Waals surface area contributed by atoms with Gasteiger partial charge >= 0.3 is 6.18 Å². The maximum Gasteiger partial charge on any atom is 0.418 e. The maximum atomic E-state index is 12.7. The van der Waals surface area contributed by atoms with Crippen molar-refractivity contribution in [3.63, 3.8) is 0 Å². The van der Waals surface area contributed by atoms with Crippen molar-refractivity contribution in [3.05, 3.63) is 64.5 Å². The summed E-state index contributed by atoms with van der Waals surface area (Å²) < 4.78 is 38.0. The van der Waals surface area contributed by atoms with Crippen LogP contribution in [-0.4, -0.2) is 4.98 Å². The van der Waals surface area contributed by atoms with Crippen LogP contribution >= 0.6 is 0 Å². The first-order valence-corrected chi connectivity index (χ1v) is 6.51. The first-order chi connectivity index (χ1) is 9.40. The summed E-state index contributed by atoms with van der Waals surface area (Å²) in [5.41, 5.74) is 2.30. The normalized spacial score (nSPS) is 11.7. The van der Waals surface area contributed by atoms with Crippen LogP contribution in [0.5, 0.6) is 0 Å². The van der Waals surface area contributed by atoms with Crippen molar-refractivity contribution in [2.75, 3.05) is 0 Å². The molecule has 0 amide bonds. The second kappa shape index (κ2) is 5.65. The van der Waals surface area contributed by atoms with E-state index >= 15 is 0 Å². The second-order valence-corrected chi connectivity index (χ2v) is 4.78. The van der Waals surface area contributed by atoms with Crippen molar-refractivity contribution in [2.45, 2.75) is 32.9 Å². The number of aromatic nitrogens is 1. The fourth-order valence-electron chi connectivity index (χ4n) is 2.18. The fourth-order valence-corrected chi connectivity index (χ4v) is 2.18. The molecule has 106 valence electrons. The van der Waals surface area contributed by atoms with Crippen LogP contribution in [0.3, 0.4) is 0 Å². The van der Waals surface area contributed by atoms with Crippen LogP contribution in [0.2, 0.25) is 0 Å². The van der Waals surface area contributed by atoms with Gasteiger partial charge in [-0.15, -0.1) is 0 Å². The van der Waals surface area contributed by atoms with Crippen LogP contribution in [-0.2, 0) is 19.0 Å². The van der Waals surface area contributed by atoms with Crippen molar-refractivity contribution in [2.24, 2.45) is 0 Å². The zero-order chi connectivity index (χ0) is 14.8. The average Bonchev–Trinajstić information content (AvgIpc) is 2.37. The lowest BCUT2D eigenvalue weighted by Crippen LogP contribution is -2.09. The minimum Gasteiger partial charge on any atom is -0.257 e. The number of benzene rings is 1. The topological polar surface area (TPSA) is 12.9 Å². The molecule has 2 rings (SSSR count). The molecule has 0 atom stereocenters. The molecule has 0 spiro atoms. The highest BCUT2D eigenvalue weighted by Crippen LogP contribution is 2.31. The lowest BCUT2D eigenvalue weighted by Gasteiger charge is -2.11. The quantitative estimate of drug-likeness (QED) is 0.802. The molecule has 0 N–H and O–H groups in total. The molecule has 1 nitrogen and oxygen atoms in total. The Balaban J connectivity index is 2.24. The van der Waals surface area contributed by atoms with E-state index in [1.54, 1.807) is 0 Å². The molecule has 0 saturated carbocycles. The summed E-state index contributed by atoms with van der Waals surface area (Å²) in [6.45, 7) is 3.47. The van der Waals surface area contributed by atoms with E-state index in [0.29, 0.717) is 12.1 Å². The Morgan fingerprint density at radius 3 is 2.35 bits per heavy atom. The van der Waals surface area contributed by atoms with Gasteiger partial charge in [0.15, 0.2) is 0 Å². The Morgan fingerprint density at radius 2 is 1.75 bits per heavy atom. The molecular weight excluding hydrogens is 263 g/mol. The SMILES string of the molecule is CCc1cccc(Cc2ccc(C(F)(F)F)c(C)n2)c1. The summed E-state index contributed by atoms with van der Waals surface area (Å²) in [6, 6.07) is 10.6. The van der Waals surface area contributed by atoms with Crippen LogP contribution in [0.1, 0.15) is 35.0 Å². The summed E-state index contributed by atoms with van der Waals surface area (Å²) in [5.74, 6) is 0. The van der Waals surface area contributed by atoms with Gasteiger partial charge in [-0.05, 0) is 36.6 Å². The maximum absolute atomic E-state index is 12.7. The van der Waals surface area contributed by atoms with Crippen LogP contribution in [0.25, 0.3) is 0 Å². The zero-order valence-corrected chi connectivity index (χ0v) is 11.5. The highest BCUT2D eigenvalue weighted by atomic mass is 19.4. The van der Waals surface area contributed by atoms with E-state index in [4.69, 9.17) is 0 Å². The van der Waals surface area contributed by atoms with Gasteiger partial charge in [-0.25, -0.2) is 0 Å². The van der Waals surface area contributed by atoms with Gasteiger partial charge in [-0.2, -0.15) is 13.2 Å². The van der Waals surface area contributed by atoms with E-state index in [1.165, 1.54) is 18.6 Å². The molecule has 0 bridgehead atoms. The number of nitrogens with zero attached hydrogens (tertiary/aromatic N) is 1. The Kier molecular flexibility index (Phi) is 4.12. The molecule has 0 saturated heterocycles. The van der Waals surface area contributed by atoms with E-state index in [1.807, 2.05) is 18.2 Å². The summed E-state index contributed by atoms with van der Waals surface area (Å²) >= 11 is 0. The van der Waals surface area contributed by atoms with Crippen LogP contribution < -0.4 is 0 Å². The highest BCUT2D eigenvalue weighted by Gasteiger charge is 2.32. The summed E-state index contributed by atoms with van der Waals surface area (Å²) in [4.78, 5) is 4.07. The molecular formula is C16H16F3N. The number of halogens is 3. The number of hydrogen-bond donors (Lipinski definition) is 0. The predicted octanol–water partition coefficient (Wildman–Crippen LogP) is 4.56. The molecule has 0 aliphatic heterocycles. The van der Waals surface area contributed by atoms with E-state index in [0.717, 1.165) is 18.1 Å². The molecule has 0 aliphatic carbocycles. The number of alkyl halides is 3. The fraction of sp³-hybridized carbons (Fsp3) is 0.312. The van der Waals surface area contributed by atoms with Crippen LogP contribution in [0.15, 0.2) is 36.4 Å². The summed E-state index contributed by atoms with van der Waals surface area (Å²) in [6.07, 6.45) is -2.85. The lowest BCUT2D eigenvalue weighted by atomic mass is 10.0. The number of pyridine rings is 1. The van der Waals surface area contributed by atoms with Gasteiger partial charge in [0.2, 0.25) is 0 Å². The molecule has 0 radical (unpaired) electrons. The van der Waals surface area contributed by atoms with E-state index in [2.05, 4.69) is 18.0 Å². The number of aryl methyl sites for hydroxylation is 2. The van der Waals surface area contributed by atoms with Gasteiger partial charge in [-0.3, -0.25) is 4.98 Å². The third-order valence-electron chi connectivity index (χ3n) is 3.23. The molecule has 20 heavy (non-hydrogen) atoms. The van der Waals surface area contributed by atoms with Crippen molar-refractivity contribution in [3.8, 4) is 0 Å². The van der Waals surface area contributed by atoms with E-state index in [9.17, 15) is 13.2 Å². The Bertz CT molecular complexity index is 603. The lowest BCUT2D eigenvalue weighted by molar-refractivity contribution is -0.138. The van der Waals surface area contributed by atoms with Gasteiger partial charge in [0, 0.05) is 17.8 Å².